The lowest BCUT2D eigenvalue weighted by Gasteiger charge is -1.98. The number of aliphatic hydroxyl groups excluding tert-OH is 1. The van der Waals surface area contributed by atoms with Gasteiger partial charge in [-0.3, -0.25) is 4.98 Å². The van der Waals surface area contributed by atoms with Crippen molar-refractivity contribution in [2.45, 2.75) is 13.0 Å². The molecule has 2 heteroatoms. The molecular formula is C7H8NO. The van der Waals surface area contributed by atoms with Crippen LogP contribution >= 0.6 is 0 Å². The molecule has 0 amide bonds. The summed E-state index contributed by atoms with van der Waals surface area (Å²) in [7, 11) is 0. The van der Waals surface area contributed by atoms with Crippen molar-refractivity contribution in [3.63, 3.8) is 0 Å². The number of aromatic nitrogens is 1. The Kier molecular flexibility index (Phi) is 1.80. The predicted molar refractivity (Wildman–Crippen MR) is 33.7 cm³/mol. The largest absolute Gasteiger partial charge is 0.387 e. The minimum atomic E-state index is -0.508. The number of pyridine rings is 1. The molecule has 0 aliphatic heterocycles. The molecule has 1 heterocycles. The molecule has 0 fully saturated rings. The van der Waals surface area contributed by atoms with Crippen LogP contribution < -0.4 is 0 Å². The lowest BCUT2D eigenvalue weighted by Crippen LogP contribution is -1.93. The van der Waals surface area contributed by atoms with Crippen LogP contribution in [0.15, 0.2) is 18.3 Å². The van der Waals surface area contributed by atoms with E-state index in [0.29, 0.717) is 5.69 Å². The first-order chi connectivity index (χ1) is 4.30. The zero-order chi connectivity index (χ0) is 6.69. The van der Waals surface area contributed by atoms with Crippen molar-refractivity contribution < 1.29 is 5.11 Å². The van der Waals surface area contributed by atoms with Crippen molar-refractivity contribution in [3.8, 4) is 0 Å². The van der Waals surface area contributed by atoms with E-state index >= 15 is 0 Å². The Morgan fingerprint density at radius 1 is 1.78 bits per heavy atom. The number of aliphatic hydroxyl groups is 1. The molecule has 0 spiro atoms. The summed E-state index contributed by atoms with van der Waals surface area (Å²) >= 11 is 0. The van der Waals surface area contributed by atoms with Crippen LogP contribution in [0.2, 0.25) is 0 Å². The van der Waals surface area contributed by atoms with E-state index in [2.05, 4.69) is 11.1 Å². The molecule has 1 N–H and O–H groups in total. The molecule has 47 valence electrons. The summed E-state index contributed by atoms with van der Waals surface area (Å²) < 4.78 is 0. The van der Waals surface area contributed by atoms with Crippen LogP contribution in [0.4, 0.5) is 0 Å². The van der Waals surface area contributed by atoms with E-state index in [1.54, 1.807) is 25.3 Å². The van der Waals surface area contributed by atoms with Gasteiger partial charge in [0.05, 0.1) is 11.8 Å². The van der Waals surface area contributed by atoms with E-state index in [0.717, 1.165) is 0 Å². The smallest absolute Gasteiger partial charge is 0.0938 e. The van der Waals surface area contributed by atoms with Crippen molar-refractivity contribution >= 4 is 0 Å². The Balaban J connectivity index is 2.85. The van der Waals surface area contributed by atoms with Crippen LogP contribution in [-0.2, 0) is 0 Å². The van der Waals surface area contributed by atoms with E-state index in [1.807, 2.05) is 0 Å². The standard InChI is InChI=1S/C7H8NO/c1-6(9)7-4-2-3-5-8-7/h2-3,5-6,9H,1H3. The maximum atomic E-state index is 8.93. The first-order valence-corrected chi connectivity index (χ1v) is 2.81. The van der Waals surface area contributed by atoms with Crippen molar-refractivity contribution in [1.82, 2.24) is 4.98 Å². The lowest BCUT2D eigenvalue weighted by atomic mass is 10.2. The van der Waals surface area contributed by atoms with Crippen LogP contribution in [0.3, 0.4) is 0 Å². The zero-order valence-electron chi connectivity index (χ0n) is 5.20. The van der Waals surface area contributed by atoms with Gasteiger partial charge in [0, 0.05) is 12.3 Å². The second kappa shape index (κ2) is 2.60. The van der Waals surface area contributed by atoms with Gasteiger partial charge in [-0.15, -0.1) is 0 Å². The van der Waals surface area contributed by atoms with Crippen molar-refractivity contribution in [2.24, 2.45) is 0 Å². The third kappa shape index (κ3) is 1.50. The summed E-state index contributed by atoms with van der Waals surface area (Å²) in [5.74, 6) is 0. The molecular weight excluding hydrogens is 114 g/mol. The molecule has 1 rings (SSSR count). The Labute approximate surface area is 54.2 Å². The molecule has 2 nitrogen and oxygen atoms in total. The molecule has 0 bridgehead atoms. The molecule has 1 aromatic rings. The molecule has 0 saturated heterocycles. The second-order valence-corrected chi connectivity index (χ2v) is 1.84. The summed E-state index contributed by atoms with van der Waals surface area (Å²) in [6.07, 6.45) is 1.13. The third-order valence-corrected chi connectivity index (χ3v) is 1.02. The van der Waals surface area contributed by atoms with Crippen molar-refractivity contribution in [2.75, 3.05) is 0 Å². The van der Waals surface area contributed by atoms with Crippen molar-refractivity contribution in [1.29, 1.82) is 0 Å². The Morgan fingerprint density at radius 2 is 2.56 bits per heavy atom. The predicted octanol–water partition coefficient (Wildman–Crippen LogP) is 0.935. The molecule has 0 aliphatic rings. The van der Waals surface area contributed by atoms with E-state index < -0.39 is 6.10 Å². The van der Waals surface area contributed by atoms with E-state index in [1.165, 1.54) is 0 Å². The van der Waals surface area contributed by atoms with E-state index in [4.69, 9.17) is 5.11 Å². The third-order valence-electron chi connectivity index (χ3n) is 1.02. The summed E-state index contributed by atoms with van der Waals surface area (Å²) in [4.78, 5) is 3.87. The Hall–Kier alpha value is -0.890. The fourth-order valence-electron chi connectivity index (χ4n) is 0.566. The van der Waals surface area contributed by atoms with Gasteiger partial charge in [-0.1, -0.05) is 6.07 Å². The van der Waals surface area contributed by atoms with Crippen LogP contribution in [0, 0.1) is 6.07 Å². The second-order valence-electron chi connectivity index (χ2n) is 1.84. The minimum absolute atomic E-state index is 0.508. The van der Waals surface area contributed by atoms with E-state index in [-0.39, 0.29) is 0 Å². The normalized spacial score (nSPS) is 13.1. The highest BCUT2D eigenvalue weighted by Crippen LogP contribution is 2.04. The molecule has 1 radical (unpaired) electrons. The zero-order valence-corrected chi connectivity index (χ0v) is 5.20. The number of nitrogens with zero attached hydrogens (tertiary/aromatic N) is 1. The van der Waals surface area contributed by atoms with Crippen LogP contribution in [0.5, 0.6) is 0 Å². The molecule has 1 atom stereocenters. The van der Waals surface area contributed by atoms with Gasteiger partial charge in [0.1, 0.15) is 0 Å². The van der Waals surface area contributed by atoms with Crippen LogP contribution in [0.1, 0.15) is 18.7 Å². The van der Waals surface area contributed by atoms with E-state index in [9.17, 15) is 0 Å². The fraction of sp³-hybridized carbons (Fsp3) is 0.286. The topological polar surface area (TPSA) is 33.1 Å². The number of rotatable bonds is 1. The summed E-state index contributed by atoms with van der Waals surface area (Å²) in [6.45, 7) is 1.67. The average molecular weight is 122 g/mol. The van der Waals surface area contributed by atoms with Crippen LogP contribution in [0.25, 0.3) is 0 Å². The van der Waals surface area contributed by atoms with Crippen molar-refractivity contribution in [3.05, 3.63) is 30.1 Å². The van der Waals surface area contributed by atoms with Gasteiger partial charge in [-0.2, -0.15) is 0 Å². The molecule has 0 aromatic carbocycles. The van der Waals surface area contributed by atoms with Gasteiger partial charge >= 0.3 is 0 Å². The summed E-state index contributed by atoms with van der Waals surface area (Å²) in [6, 6.07) is 6.31. The maximum absolute atomic E-state index is 8.93. The number of hydrogen-bond donors (Lipinski definition) is 1. The highest BCUT2D eigenvalue weighted by molar-refractivity contribution is 5.03. The molecule has 0 aliphatic carbocycles. The van der Waals surface area contributed by atoms with Gasteiger partial charge in [-0.25, -0.2) is 0 Å². The summed E-state index contributed by atoms with van der Waals surface area (Å²) in [5.41, 5.74) is 0.595. The molecule has 1 unspecified atom stereocenters. The van der Waals surface area contributed by atoms with Gasteiger partial charge in [-0.05, 0) is 13.0 Å². The SMILES string of the molecule is CC(O)c1[c]cccn1. The monoisotopic (exact) mass is 122 g/mol. The van der Waals surface area contributed by atoms with Gasteiger partial charge < -0.3 is 5.11 Å². The highest BCUT2D eigenvalue weighted by Gasteiger charge is 1.97. The van der Waals surface area contributed by atoms with Gasteiger partial charge in [0.2, 0.25) is 0 Å². The Bertz CT molecular complexity index is 172. The quantitative estimate of drug-likeness (QED) is 0.601. The van der Waals surface area contributed by atoms with Crippen LogP contribution in [-0.4, -0.2) is 10.1 Å². The first kappa shape index (κ1) is 6.23. The molecule has 0 saturated carbocycles. The summed E-state index contributed by atoms with van der Waals surface area (Å²) in [5, 5.41) is 8.93. The number of hydrogen-bond acceptors (Lipinski definition) is 2. The molecule has 1 aromatic heterocycles. The first-order valence-electron chi connectivity index (χ1n) is 2.81. The average Bonchev–Trinajstić information content (AvgIpc) is 1.90. The molecule has 9 heavy (non-hydrogen) atoms. The lowest BCUT2D eigenvalue weighted by molar-refractivity contribution is 0.194. The maximum Gasteiger partial charge on any atom is 0.0938 e. The highest BCUT2D eigenvalue weighted by atomic mass is 16.3. The van der Waals surface area contributed by atoms with Gasteiger partial charge in [0.15, 0.2) is 0 Å². The minimum Gasteiger partial charge on any atom is -0.387 e. The fourth-order valence-corrected chi connectivity index (χ4v) is 0.566. The Morgan fingerprint density at radius 3 is 2.89 bits per heavy atom. The van der Waals surface area contributed by atoms with Gasteiger partial charge in [0.25, 0.3) is 0 Å².